The summed E-state index contributed by atoms with van der Waals surface area (Å²) in [5.41, 5.74) is 1.15. The van der Waals surface area contributed by atoms with E-state index in [-0.39, 0.29) is 17.5 Å². The van der Waals surface area contributed by atoms with Crippen molar-refractivity contribution < 1.29 is 14.3 Å². The highest BCUT2D eigenvalue weighted by Gasteiger charge is 2.38. The Morgan fingerprint density at radius 2 is 1.93 bits per heavy atom. The van der Waals surface area contributed by atoms with Crippen molar-refractivity contribution in [2.24, 2.45) is 0 Å². The van der Waals surface area contributed by atoms with Gasteiger partial charge in [-0.3, -0.25) is 9.69 Å². The predicted molar refractivity (Wildman–Crippen MR) is 111 cm³/mol. The van der Waals surface area contributed by atoms with Crippen molar-refractivity contribution in [3.8, 4) is 5.75 Å². The second-order valence-electron chi connectivity index (χ2n) is 8.02. The van der Waals surface area contributed by atoms with Crippen LogP contribution < -0.4 is 15.4 Å². The summed E-state index contributed by atoms with van der Waals surface area (Å²) in [7, 11) is 1.65. The Morgan fingerprint density at radius 1 is 1.21 bits per heavy atom. The summed E-state index contributed by atoms with van der Waals surface area (Å²) in [6, 6.07) is 7.56. The Labute approximate surface area is 169 Å². The third-order valence-electron chi connectivity index (χ3n) is 6.24. The van der Waals surface area contributed by atoms with Gasteiger partial charge in [-0.1, -0.05) is 37.5 Å². The van der Waals surface area contributed by atoms with Gasteiger partial charge in [0.2, 0.25) is 5.91 Å². The molecule has 1 aromatic rings. The number of hydrogen-bond donors (Lipinski definition) is 2. The van der Waals surface area contributed by atoms with Crippen molar-refractivity contribution in [2.75, 3.05) is 40.0 Å². The number of ether oxygens (including phenoxy) is 2. The number of para-hydroxylation sites is 1. The second kappa shape index (κ2) is 10.2. The SMILES string of the molecule is COc1ccccc1CNC(=O)[C@H](C)NCC1(N2CCOCC2)CCCCC1. The molecule has 156 valence electrons. The molecule has 1 saturated heterocycles. The molecule has 0 aromatic heterocycles. The number of methoxy groups -OCH3 is 1. The number of carbonyl (C=O) groups excluding carboxylic acids is 1. The molecule has 0 bridgehead atoms. The first kappa shape index (κ1) is 21.1. The Kier molecular flexibility index (Phi) is 7.71. The lowest BCUT2D eigenvalue weighted by Crippen LogP contribution is -2.60. The summed E-state index contributed by atoms with van der Waals surface area (Å²) in [6.45, 7) is 6.91. The number of benzene rings is 1. The molecule has 1 atom stereocenters. The van der Waals surface area contributed by atoms with Crippen molar-refractivity contribution in [1.29, 1.82) is 0 Å². The number of rotatable bonds is 8. The largest absolute Gasteiger partial charge is 0.496 e. The summed E-state index contributed by atoms with van der Waals surface area (Å²) in [5.74, 6) is 0.829. The highest BCUT2D eigenvalue weighted by Crippen LogP contribution is 2.34. The Hall–Kier alpha value is -1.63. The van der Waals surface area contributed by atoms with Crippen molar-refractivity contribution in [1.82, 2.24) is 15.5 Å². The van der Waals surface area contributed by atoms with Gasteiger partial charge < -0.3 is 20.1 Å². The minimum absolute atomic E-state index is 0.0267. The number of amides is 1. The lowest BCUT2D eigenvalue weighted by atomic mass is 9.79. The molecule has 1 aliphatic heterocycles. The van der Waals surface area contributed by atoms with E-state index in [0.29, 0.717) is 6.54 Å². The smallest absolute Gasteiger partial charge is 0.237 e. The van der Waals surface area contributed by atoms with E-state index in [2.05, 4.69) is 15.5 Å². The van der Waals surface area contributed by atoms with Crippen LogP contribution in [0.15, 0.2) is 24.3 Å². The molecule has 0 spiro atoms. The first-order chi connectivity index (χ1) is 13.6. The van der Waals surface area contributed by atoms with Crippen molar-refractivity contribution in [2.45, 2.75) is 57.2 Å². The van der Waals surface area contributed by atoms with Crippen molar-refractivity contribution in [3.63, 3.8) is 0 Å². The molecular formula is C22H35N3O3. The third-order valence-corrected chi connectivity index (χ3v) is 6.24. The fourth-order valence-electron chi connectivity index (χ4n) is 4.47. The zero-order valence-electron chi connectivity index (χ0n) is 17.3. The monoisotopic (exact) mass is 389 g/mol. The average Bonchev–Trinajstić information content (AvgIpc) is 2.77. The van der Waals surface area contributed by atoms with Crippen LogP contribution >= 0.6 is 0 Å². The lowest BCUT2D eigenvalue weighted by molar-refractivity contribution is -0.123. The van der Waals surface area contributed by atoms with Crippen LogP contribution in [0.2, 0.25) is 0 Å². The van der Waals surface area contributed by atoms with Gasteiger partial charge in [-0.05, 0) is 25.8 Å². The summed E-state index contributed by atoms with van der Waals surface area (Å²) >= 11 is 0. The molecule has 1 saturated carbocycles. The highest BCUT2D eigenvalue weighted by atomic mass is 16.5. The van der Waals surface area contributed by atoms with Crippen molar-refractivity contribution in [3.05, 3.63) is 29.8 Å². The van der Waals surface area contributed by atoms with Gasteiger partial charge in [0, 0.05) is 37.3 Å². The lowest BCUT2D eigenvalue weighted by Gasteiger charge is -2.48. The van der Waals surface area contributed by atoms with Gasteiger partial charge in [-0.25, -0.2) is 0 Å². The van der Waals surface area contributed by atoms with E-state index in [1.54, 1.807) is 7.11 Å². The number of nitrogens with zero attached hydrogens (tertiary/aromatic N) is 1. The molecule has 6 heteroatoms. The first-order valence-corrected chi connectivity index (χ1v) is 10.6. The van der Waals surface area contributed by atoms with Gasteiger partial charge in [-0.2, -0.15) is 0 Å². The number of hydrogen-bond acceptors (Lipinski definition) is 5. The number of morpholine rings is 1. The van der Waals surface area contributed by atoms with E-state index >= 15 is 0 Å². The first-order valence-electron chi connectivity index (χ1n) is 10.6. The van der Waals surface area contributed by atoms with E-state index < -0.39 is 0 Å². The van der Waals surface area contributed by atoms with Gasteiger partial charge in [0.25, 0.3) is 0 Å². The zero-order valence-corrected chi connectivity index (χ0v) is 17.3. The van der Waals surface area contributed by atoms with E-state index in [1.807, 2.05) is 31.2 Å². The van der Waals surface area contributed by atoms with Crippen LogP contribution in [0.3, 0.4) is 0 Å². The molecule has 1 aliphatic carbocycles. The van der Waals surface area contributed by atoms with Gasteiger partial charge in [0.15, 0.2) is 0 Å². The molecule has 2 N–H and O–H groups in total. The molecule has 3 rings (SSSR count). The van der Waals surface area contributed by atoms with Crippen LogP contribution in [-0.4, -0.2) is 62.3 Å². The second-order valence-corrected chi connectivity index (χ2v) is 8.02. The summed E-state index contributed by atoms with van der Waals surface area (Å²) in [5, 5.41) is 6.57. The molecular weight excluding hydrogens is 354 g/mol. The molecule has 0 unspecified atom stereocenters. The minimum Gasteiger partial charge on any atom is -0.496 e. The van der Waals surface area contributed by atoms with Crippen LogP contribution in [0, 0.1) is 0 Å². The number of nitrogens with one attached hydrogen (secondary N) is 2. The topological polar surface area (TPSA) is 62.8 Å². The standard InChI is InChI=1S/C22H35N3O3/c1-18(21(26)23-16-19-8-4-5-9-20(19)27-2)24-17-22(10-6-3-7-11-22)25-12-14-28-15-13-25/h4-5,8-9,18,24H,3,6-7,10-17H2,1-2H3,(H,23,26)/t18-/m0/s1. The van der Waals surface area contributed by atoms with E-state index in [1.165, 1.54) is 32.1 Å². The minimum atomic E-state index is -0.227. The summed E-state index contributed by atoms with van der Waals surface area (Å²) < 4.78 is 10.9. The average molecular weight is 390 g/mol. The Morgan fingerprint density at radius 3 is 2.64 bits per heavy atom. The number of carbonyl (C=O) groups is 1. The fraction of sp³-hybridized carbons (Fsp3) is 0.682. The van der Waals surface area contributed by atoms with Gasteiger partial charge in [0.1, 0.15) is 5.75 Å². The quantitative estimate of drug-likeness (QED) is 0.715. The van der Waals surface area contributed by atoms with Crippen LogP contribution in [0.4, 0.5) is 0 Å². The highest BCUT2D eigenvalue weighted by molar-refractivity contribution is 5.81. The van der Waals surface area contributed by atoms with E-state index in [9.17, 15) is 4.79 Å². The molecule has 1 heterocycles. The van der Waals surface area contributed by atoms with Gasteiger partial charge in [-0.15, -0.1) is 0 Å². The molecule has 1 amide bonds. The molecule has 2 fully saturated rings. The molecule has 28 heavy (non-hydrogen) atoms. The van der Waals surface area contributed by atoms with Gasteiger partial charge in [0.05, 0.1) is 26.4 Å². The maximum Gasteiger partial charge on any atom is 0.237 e. The maximum absolute atomic E-state index is 12.6. The summed E-state index contributed by atoms with van der Waals surface area (Å²) in [4.78, 5) is 15.2. The molecule has 1 aromatic carbocycles. The van der Waals surface area contributed by atoms with Crippen LogP contribution in [0.1, 0.15) is 44.6 Å². The zero-order chi connectivity index (χ0) is 19.8. The van der Waals surface area contributed by atoms with E-state index in [4.69, 9.17) is 9.47 Å². The van der Waals surface area contributed by atoms with Crippen LogP contribution in [0.25, 0.3) is 0 Å². The van der Waals surface area contributed by atoms with Gasteiger partial charge >= 0.3 is 0 Å². The molecule has 0 radical (unpaired) electrons. The van der Waals surface area contributed by atoms with Crippen LogP contribution in [-0.2, 0) is 16.1 Å². The fourth-order valence-corrected chi connectivity index (χ4v) is 4.47. The van der Waals surface area contributed by atoms with Crippen LogP contribution in [0.5, 0.6) is 5.75 Å². The predicted octanol–water partition coefficient (Wildman–Crippen LogP) is 2.32. The Bertz CT molecular complexity index is 625. The Balaban J connectivity index is 1.53. The molecule has 2 aliphatic rings. The maximum atomic E-state index is 12.6. The normalized spacial score (nSPS) is 21.1. The third kappa shape index (κ3) is 5.25. The molecule has 6 nitrogen and oxygen atoms in total. The van der Waals surface area contributed by atoms with Crippen molar-refractivity contribution >= 4 is 5.91 Å². The summed E-state index contributed by atoms with van der Waals surface area (Å²) in [6.07, 6.45) is 6.27. The van der Waals surface area contributed by atoms with E-state index in [0.717, 1.165) is 44.2 Å².